The molecule has 3 unspecified atom stereocenters. The van der Waals surface area contributed by atoms with Crippen LogP contribution in [0.15, 0.2) is 0 Å². The van der Waals surface area contributed by atoms with E-state index >= 15 is 0 Å². The van der Waals surface area contributed by atoms with E-state index in [2.05, 4.69) is 6.92 Å². The monoisotopic (exact) mass is 184 g/mol. The van der Waals surface area contributed by atoms with Crippen molar-refractivity contribution in [2.45, 2.75) is 40.0 Å². The van der Waals surface area contributed by atoms with Gasteiger partial charge in [-0.1, -0.05) is 27.2 Å². The van der Waals surface area contributed by atoms with Crippen LogP contribution in [-0.2, 0) is 4.79 Å². The predicted molar refractivity (Wildman–Crippen MR) is 52.5 cm³/mol. The lowest BCUT2D eigenvalue weighted by atomic mass is 9.90. The lowest BCUT2D eigenvalue weighted by molar-refractivity contribution is -0.143. The zero-order valence-corrected chi connectivity index (χ0v) is 8.79. The summed E-state index contributed by atoms with van der Waals surface area (Å²) in [6, 6.07) is 0. The van der Waals surface area contributed by atoms with Crippen LogP contribution in [-0.4, -0.2) is 11.1 Å². The lowest BCUT2D eigenvalue weighted by Crippen LogP contribution is -2.20. The first-order valence-electron chi connectivity index (χ1n) is 5.29. The van der Waals surface area contributed by atoms with Gasteiger partial charge in [0, 0.05) is 0 Å². The zero-order chi connectivity index (χ0) is 10.0. The van der Waals surface area contributed by atoms with Crippen molar-refractivity contribution in [3.8, 4) is 0 Å². The van der Waals surface area contributed by atoms with Crippen LogP contribution in [0.3, 0.4) is 0 Å². The second-order valence-electron chi connectivity index (χ2n) is 4.59. The fourth-order valence-corrected chi connectivity index (χ4v) is 2.08. The molecule has 1 fully saturated rings. The highest BCUT2D eigenvalue weighted by atomic mass is 16.4. The number of carboxylic acid groups (broad SMARTS) is 1. The normalized spacial score (nSPS) is 28.9. The minimum Gasteiger partial charge on any atom is -0.481 e. The molecule has 2 heteroatoms. The first-order chi connectivity index (χ1) is 6.06. The minimum atomic E-state index is -0.614. The number of hydrogen-bond donors (Lipinski definition) is 1. The average molecular weight is 184 g/mol. The topological polar surface area (TPSA) is 37.3 Å². The van der Waals surface area contributed by atoms with Crippen molar-refractivity contribution >= 4 is 5.97 Å². The maximum Gasteiger partial charge on any atom is 0.306 e. The largest absolute Gasteiger partial charge is 0.481 e. The predicted octanol–water partition coefficient (Wildman–Crippen LogP) is 2.78. The summed E-state index contributed by atoms with van der Waals surface area (Å²) in [7, 11) is 0. The zero-order valence-electron chi connectivity index (χ0n) is 8.79. The average Bonchev–Trinajstić information content (AvgIpc) is 2.77. The molecule has 0 saturated heterocycles. The third-order valence-corrected chi connectivity index (χ3v) is 3.27. The first-order valence-corrected chi connectivity index (χ1v) is 5.29. The Hall–Kier alpha value is -0.530. The summed E-state index contributed by atoms with van der Waals surface area (Å²) in [5.41, 5.74) is 0. The van der Waals surface area contributed by atoms with E-state index in [0.29, 0.717) is 5.92 Å². The standard InChI is InChI=1S/C11H20O2/c1-4-8-5-9(8)6-10(7(2)3)11(12)13/h7-10H,4-6H2,1-3H3,(H,12,13). The van der Waals surface area contributed by atoms with Crippen molar-refractivity contribution in [1.29, 1.82) is 0 Å². The van der Waals surface area contributed by atoms with Gasteiger partial charge >= 0.3 is 5.97 Å². The van der Waals surface area contributed by atoms with Gasteiger partial charge in [0.05, 0.1) is 5.92 Å². The van der Waals surface area contributed by atoms with Crippen molar-refractivity contribution in [2.75, 3.05) is 0 Å². The molecule has 0 aromatic heterocycles. The summed E-state index contributed by atoms with van der Waals surface area (Å²) in [5, 5.41) is 8.98. The Morgan fingerprint density at radius 2 is 2.08 bits per heavy atom. The molecule has 76 valence electrons. The van der Waals surface area contributed by atoms with Gasteiger partial charge in [0.1, 0.15) is 0 Å². The lowest BCUT2D eigenvalue weighted by Gasteiger charge is -2.15. The molecule has 2 nitrogen and oxygen atoms in total. The van der Waals surface area contributed by atoms with Gasteiger partial charge in [-0.2, -0.15) is 0 Å². The smallest absolute Gasteiger partial charge is 0.306 e. The molecule has 13 heavy (non-hydrogen) atoms. The van der Waals surface area contributed by atoms with E-state index in [0.717, 1.165) is 12.3 Å². The van der Waals surface area contributed by atoms with Crippen LogP contribution in [0, 0.1) is 23.7 Å². The maximum atomic E-state index is 10.9. The van der Waals surface area contributed by atoms with Crippen LogP contribution in [0.4, 0.5) is 0 Å². The number of carbonyl (C=O) groups is 1. The third-order valence-electron chi connectivity index (χ3n) is 3.27. The Bertz CT molecular complexity index is 187. The Morgan fingerprint density at radius 1 is 1.46 bits per heavy atom. The van der Waals surface area contributed by atoms with Gasteiger partial charge in [0.15, 0.2) is 0 Å². The molecule has 1 rings (SSSR count). The van der Waals surface area contributed by atoms with E-state index in [9.17, 15) is 4.79 Å². The van der Waals surface area contributed by atoms with Crippen molar-refractivity contribution in [3.63, 3.8) is 0 Å². The Kier molecular flexibility index (Phi) is 3.34. The quantitative estimate of drug-likeness (QED) is 0.713. The highest BCUT2D eigenvalue weighted by Crippen LogP contribution is 2.46. The van der Waals surface area contributed by atoms with E-state index in [1.165, 1.54) is 12.8 Å². The molecule has 0 aromatic carbocycles. The van der Waals surface area contributed by atoms with Crippen molar-refractivity contribution in [1.82, 2.24) is 0 Å². The molecule has 0 heterocycles. The molecular formula is C11H20O2. The second-order valence-corrected chi connectivity index (χ2v) is 4.59. The molecule has 0 radical (unpaired) electrons. The third kappa shape index (κ3) is 2.71. The van der Waals surface area contributed by atoms with Gasteiger partial charge in [0.25, 0.3) is 0 Å². The Morgan fingerprint density at radius 3 is 2.38 bits per heavy atom. The first kappa shape index (κ1) is 10.6. The molecule has 1 N–H and O–H groups in total. The summed E-state index contributed by atoms with van der Waals surface area (Å²) in [4.78, 5) is 10.9. The van der Waals surface area contributed by atoms with Gasteiger partial charge in [-0.15, -0.1) is 0 Å². The number of aliphatic carboxylic acids is 1. The molecule has 0 aliphatic heterocycles. The fourth-order valence-electron chi connectivity index (χ4n) is 2.08. The summed E-state index contributed by atoms with van der Waals surface area (Å²) >= 11 is 0. The summed E-state index contributed by atoms with van der Waals surface area (Å²) < 4.78 is 0. The maximum absolute atomic E-state index is 10.9. The Balaban J connectivity index is 2.36. The van der Waals surface area contributed by atoms with Gasteiger partial charge in [-0.3, -0.25) is 4.79 Å². The van der Waals surface area contributed by atoms with E-state index in [1.54, 1.807) is 0 Å². The van der Waals surface area contributed by atoms with Gasteiger partial charge in [0.2, 0.25) is 0 Å². The van der Waals surface area contributed by atoms with Gasteiger partial charge in [-0.05, 0) is 30.6 Å². The molecule has 1 saturated carbocycles. The SMILES string of the molecule is CCC1CC1CC(C(=O)O)C(C)C. The van der Waals surface area contributed by atoms with E-state index < -0.39 is 5.97 Å². The van der Waals surface area contributed by atoms with Crippen LogP contribution in [0.5, 0.6) is 0 Å². The molecule has 1 aliphatic rings. The fraction of sp³-hybridized carbons (Fsp3) is 0.909. The molecule has 0 amide bonds. The number of carboxylic acids is 1. The highest BCUT2D eigenvalue weighted by molar-refractivity contribution is 5.70. The summed E-state index contributed by atoms with van der Waals surface area (Å²) in [5.74, 6) is 1.06. The highest BCUT2D eigenvalue weighted by Gasteiger charge is 2.39. The second kappa shape index (κ2) is 4.12. The van der Waals surface area contributed by atoms with E-state index in [-0.39, 0.29) is 11.8 Å². The van der Waals surface area contributed by atoms with Crippen molar-refractivity contribution in [3.05, 3.63) is 0 Å². The van der Waals surface area contributed by atoms with Crippen molar-refractivity contribution in [2.24, 2.45) is 23.7 Å². The van der Waals surface area contributed by atoms with Crippen LogP contribution in [0.25, 0.3) is 0 Å². The summed E-state index contributed by atoms with van der Waals surface area (Å²) in [6.07, 6.45) is 3.37. The molecule has 0 bridgehead atoms. The van der Waals surface area contributed by atoms with Gasteiger partial charge < -0.3 is 5.11 Å². The van der Waals surface area contributed by atoms with Crippen LogP contribution in [0.1, 0.15) is 40.0 Å². The molecule has 3 atom stereocenters. The van der Waals surface area contributed by atoms with Crippen LogP contribution < -0.4 is 0 Å². The molecular weight excluding hydrogens is 164 g/mol. The molecule has 1 aliphatic carbocycles. The van der Waals surface area contributed by atoms with Gasteiger partial charge in [-0.25, -0.2) is 0 Å². The number of rotatable bonds is 5. The van der Waals surface area contributed by atoms with E-state index in [4.69, 9.17) is 5.11 Å². The summed E-state index contributed by atoms with van der Waals surface area (Å²) in [6.45, 7) is 6.19. The Labute approximate surface area is 80.3 Å². The van der Waals surface area contributed by atoms with Crippen LogP contribution >= 0.6 is 0 Å². The molecule has 0 aromatic rings. The van der Waals surface area contributed by atoms with Crippen LogP contribution in [0.2, 0.25) is 0 Å². The van der Waals surface area contributed by atoms with E-state index in [1.807, 2.05) is 13.8 Å². The molecule has 0 spiro atoms. The van der Waals surface area contributed by atoms with Crippen molar-refractivity contribution < 1.29 is 9.90 Å². The number of hydrogen-bond acceptors (Lipinski definition) is 1. The minimum absolute atomic E-state index is 0.124.